The van der Waals surface area contributed by atoms with E-state index in [0.717, 1.165) is 50.9 Å². The first-order valence-electron chi connectivity index (χ1n) is 12.3. The van der Waals surface area contributed by atoms with Gasteiger partial charge >= 0.3 is 0 Å². The van der Waals surface area contributed by atoms with Gasteiger partial charge in [-0.3, -0.25) is 4.98 Å². The summed E-state index contributed by atoms with van der Waals surface area (Å²) in [5, 5.41) is 15.4. The van der Waals surface area contributed by atoms with Gasteiger partial charge in [-0.05, 0) is 29.8 Å². The molecular weight excluding hydrogens is 532 g/mol. The summed E-state index contributed by atoms with van der Waals surface area (Å²) in [5.74, 6) is 0.703. The average Bonchev–Trinajstić information content (AvgIpc) is 3.39. The van der Waals surface area contributed by atoms with E-state index < -0.39 is 0 Å². The van der Waals surface area contributed by atoms with Crippen LogP contribution < -0.4 is 10.2 Å². The van der Waals surface area contributed by atoms with Crippen molar-refractivity contribution in [2.75, 3.05) is 36.5 Å². The number of hydrogen-bond donors (Lipinski definition) is 1. The molecule has 0 aliphatic carbocycles. The van der Waals surface area contributed by atoms with Gasteiger partial charge in [0.15, 0.2) is 5.16 Å². The van der Waals surface area contributed by atoms with Crippen LogP contribution >= 0.6 is 23.4 Å². The number of hydrogen-bond acceptors (Lipinski definition) is 9. The highest BCUT2D eigenvalue weighted by Crippen LogP contribution is 2.36. The first kappa shape index (κ1) is 25.1. The summed E-state index contributed by atoms with van der Waals surface area (Å²) in [6.07, 6.45) is 8.88. The van der Waals surface area contributed by atoms with Crippen LogP contribution in [0.2, 0.25) is 5.02 Å². The normalized spacial score (nSPS) is 13.4. The lowest BCUT2D eigenvalue weighted by molar-refractivity contribution is 0.122. The molecule has 0 bridgehead atoms. The smallest absolute Gasteiger partial charge is 0.225 e. The summed E-state index contributed by atoms with van der Waals surface area (Å²) >= 11 is 8.10. The number of aromatic nitrogens is 5. The maximum absolute atomic E-state index is 9.79. The van der Waals surface area contributed by atoms with E-state index in [0.29, 0.717) is 35.4 Å². The highest BCUT2D eigenvalue weighted by Gasteiger charge is 2.15. The monoisotopic (exact) mass is 554 g/mol. The first-order chi connectivity index (χ1) is 19.1. The van der Waals surface area contributed by atoms with Crippen molar-refractivity contribution in [3.05, 3.63) is 78.0 Å². The molecule has 194 valence electrons. The Kier molecular flexibility index (Phi) is 7.02. The molecule has 9 nitrogen and oxygen atoms in total. The quantitative estimate of drug-likeness (QED) is 0.284. The van der Waals surface area contributed by atoms with Crippen molar-refractivity contribution in [3.63, 3.8) is 0 Å². The first-order valence-corrected chi connectivity index (χ1v) is 13.5. The number of halogens is 1. The van der Waals surface area contributed by atoms with Gasteiger partial charge in [-0.15, -0.1) is 0 Å². The minimum Gasteiger partial charge on any atom is -0.378 e. The minimum absolute atomic E-state index is 0.441. The molecule has 0 radical (unpaired) electrons. The summed E-state index contributed by atoms with van der Waals surface area (Å²) in [7, 11) is 1.94. The molecule has 0 saturated carbocycles. The van der Waals surface area contributed by atoms with E-state index in [-0.39, 0.29) is 0 Å². The van der Waals surface area contributed by atoms with Crippen molar-refractivity contribution < 1.29 is 4.74 Å². The molecule has 0 atom stereocenters. The van der Waals surface area contributed by atoms with Gasteiger partial charge in [0.1, 0.15) is 6.07 Å². The van der Waals surface area contributed by atoms with Crippen molar-refractivity contribution in [2.24, 2.45) is 7.05 Å². The van der Waals surface area contributed by atoms with E-state index in [9.17, 15) is 5.26 Å². The van der Waals surface area contributed by atoms with Gasteiger partial charge in [0.05, 0.1) is 35.0 Å². The summed E-state index contributed by atoms with van der Waals surface area (Å²) in [4.78, 5) is 21.0. The Morgan fingerprint density at radius 1 is 1.00 bits per heavy atom. The van der Waals surface area contributed by atoms with Crippen LogP contribution in [0.3, 0.4) is 0 Å². The highest BCUT2D eigenvalue weighted by atomic mass is 35.5. The molecule has 1 aliphatic heterocycles. The van der Waals surface area contributed by atoms with E-state index in [4.69, 9.17) is 16.3 Å². The van der Waals surface area contributed by atoms with Crippen LogP contribution in [-0.2, 0) is 11.8 Å². The molecule has 1 saturated heterocycles. The third-order valence-corrected chi connectivity index (χ3v) is 8.01. The molecule has 2 aromatic carbocycles. The number of ether oxygens (including phenoxy) is 1. The standard InChI is InChI=1S/C28H23ClN8OS/c1-36-7-6-31-28(36)39-25-5-3-21(13-23(25)29)35-26-19(14-30)15-32-24-12-18(2-4-22(24)26)20-16-33-27(34-17-20)37-8-10-38-11-9-37/h2-7,12-13,15-17H,8-11H2,1H3,(H,32,35). The molecule has 6 rings (SSSR count). The number of imidazole rings is 1. The van der Waals surface area contributed by atoms with Crippen LogP contribution in [0, 0.1) is 11.3 Å². The molecule has 1 fully saturated rings. The highest BCUT2D eigenvalue weighted by molar-refractivity contribution is 7.99. The Bertz CT molecular complexity index is 1690. The Hall–Kier alpha value is -4.17. The van der Waals surface area contributed by atoms with Gasteiger partial charge in [-0.25, -0.2) is 15.0 Å². The number of pyridine rings is 1. The van der Waals surface area contributed by atoms with E-state index in [1.807, 2.05) is 66.6 Å². The topological polar surface area (TPSA) is 105 Å². The van der Waals surface area contributed by atoms with Gasteiger partial charge in [0, 0.05) is 72.7 Å². The van der Waals surface area contributed by atoms with Crippen LogP contribution in [0.1, 0.15) is 5.56 Å². The Labute approximate surface area is 234 Å². The molecule has 1 N–H and O–H groups in total. The number of fused-ring (bicyclic) bond motifs is 1. The van der Waals surface area contributed by atoms with E-state index in [1.54, 1.807) is 12.4 Å². The molecule has 0 unspecified atom stereocenters. The lowest BCUT2D eigenvalue weighted by atomic mass is 10.0. The Balaban J connectivity index is 1.27. The summed E-state index contributed by atoms with van der Waals surface area (Å²) < 4.78 is 7.35. The molecule has 4 heterocycles. The van der Waals surface area contributed by atoms with Gasteiger partial charge in [0.2, 0.25) is 5.95 Å². The number of aryl methyl sites for hydroxylation is 1. The third-order valence-electron chi connectivity index (χ3n) is 6.43. The number of anilines is 3. The molecule has 1 aliphatic rings. The fourth-order valence-electron chi connectivity index (χ4n) is 4.34. The van der Waals surface area contributed by atoms with Crippen molar-refractivity contribution in [1.82, 2.24) is 24.5 Å². The number of benzene rings is 2. The second-order valence-corrected chi connectivity index (χ2v) is 10.4. The lowest BCUT2D eigenvalue weighted by Gasteiger charge is -2.26. The Morgan fingerprint density at radius 2 is 1.82 bits per heavy atom. The minimum atomic E-state index is 0.441. The third kappa shape index (κ3) is 5.25. The molecule has 0 spiro atoms. The fourth-order valence-corrected chi connectivity index (χ4v) is 5.45. The number of rotatable bonds is 6. The zero-order chi connectivity index (χ0) is 26.8. The second-order valence-electron chi connectivity index (χ2n) is 8.95. The zero-order valence-electron chi connectivity index (χ0n) is 21.0. The van der Waals surface area contributed by atoms with Crippen molar-refractivity contribution >= 4 is 51.6 Å². The largest absolute Gasteiger partial charge is 0.378 e. The SMILES string of the molecule is Cn1ccnc1Sc1ccc(Nc2c(C#N)cnc3cc(-c4cnc(N5CCOCC5)nc4)ccc23)cc1Cl. The summed E-state index contributed by atoms with van der Waals surface area (Å²) in [6, 6.07) is 13.9. The van der Waals surface area contributed by atoms with E-state index in [1.165, 1.54) is 11.8 Å². The van der Waals surface area contributed by atoms with E-state index in [2.05, 4.69) is 36.2 Å². The maximum atomic E-state index is 9.79. The van der Waals surface area contributed by atoms with Crippen LogP contribution in [0.4, 0.5) is 17.3 Å². The molecular formula is C28H23ClN8OS. The zero-order valence-corrected chi connectivity index (χ0v) is 22.6. The van der Waals surface area contributed by atoms with E-state index >= 15 is 0 Å². The van der Waals surface area contributed by atoms with Crippen molar-refractivity contribution in [1.29, 1.82) is 5.26 Å². The van der Waals surface area contributed by atoms with Gasteiger partial charge in [-0.2, -0.15) is 5.26 Å². The molecule has 11 heteroatoms. The molecule has 5 aromatic rings. The molecule has 0 amide bonds. The maximum Gasteiger partial charge on any atom is 0.225 e. The van der Waals surface area contributed by atoms with Gasteiger partial charge in [0.25, 0.3) is 0 Å². The summed E-state index contributed by atoms with van der Waals surface area (Å²) in [6.45, 7) is 2.94. The number of nitriles is 1. The average molecular weight is 555 g/mol. The van der Waals surface area contributed by atoms with Crippen LogP contribution in [0.5, 0.6) is 0 Å². The van der Waals surface area contributed by atoms with Crippen LogP contribution in [0.25, 0.3) is 22.0 Å². The van der Waals surface area contributed by atoms with Gasteiger partial charge < -0.3 is 19.5 Å². The predicted octanol–water partition coefficient (Wildman–Crippen LogP) is 5.68. The van der Waals surface area contributed by atoms with Crippen LogP contribution in [-0.4, -0.2) is 50.8 Å². The predicted molar refractivity (Wildman–Crippen MR) is 153 cm³/mol. The number of morpholine rings is 1. The van der Waals surface area contributed by atoms with Crippen LogP contribution in [0.15, 0.2) is 77.4 Å². The molecule has 39 heavy (non-hydrogen) atoms. The Morgan fingerprint density at radius 3 is 2.54 bits per heavy atom. The van der Waals surface area contributed by atoms with Crippen molar-refractivity contribution in [2.45, 2.75) is 10.1 Å². The summed E-state index contributed by atoms with van der Waals surface area (Å²) in [5.41, 5.74) is 4.47. The molecule has 3 aromatic heterocycles. The fraction of sp³-hybridized carbons (Fsp3) is 0.179. The lowest BCUT2D eigenvalue weighted by Crippen LogP contribution is -2.37. The number of nitrogens with zero attached hydrogens (tertiary/aromatic N) is 7. The second kappa shape index (κ2) is 10.9. The van der Waals surface area contributed by atoms with Gasteiger partial charge in [-0.1, -0.05) is 35.5 Å². The number of nitrogens with one attached hydrogen (secondary N) is 1. The van der Waals surface area contributed by atoms with Crippen molar-refractivity contribution in [3.8, 4) is 17.2 Å².